The normalized spacial score (nSPS) is 9.75. The van der Waals surface area contributed by atoms with Gasteiger partial charge in [-0.15, -0.1) is 11.6 Å². The molecule has 0 saturated heterocycles. The van der Waals surface area contributed by atoms with E-state index in [1.165, 1.54) is 0 Å². The van der Waals surface area contributed by atoms with Crippen molar-refractivity contribution in [2.24, 2.45) is 0 Å². The third-order valence-corrected chi connectivity index (χ3v) is 1.35. The largest absolute Gasteiger partial charge is 0.339 e. The first-order chi connectivity index (χ1) is 3.83. The molecule has 1 aromatic rings. The fourth-order valence-electron chi connectivity index (χ4n) is 0.486. The Hall–Kier alpha value is -0.140. The van der Waals surface area contributed by atoms with Gasteiger partial charge in [-0.25, -0.2) is 0 Å². The number of rotatable bonds is 1. The second-order valence-electron chi connectivity index (χ2n) is 1.46. The van der Waals surface area contributed by atoms with Crippen molar-refractivity contribution in [2.45, 2.75) is 6.00 Å². The van der Waals surface area contributed by atoms with Gasteiger partial charge < -0.3 is 4.57 Å². The molecule has 0 N–H and O–H groups in total. The Morgan fingerprint density at radius 2 is 2.38 bits per heavy atom. The van der Waals surface area contributed by atoms with Crippen LogP contribution < -0.4 is 0 Å². The molecule has 0 bridgehead atoms. The molecule has 0 saturated carbocycles. The molecule has 0 spiro atoms. The van der Waals surface area contributed by atoms with Crippen molar-refractivity contribution in [1.29, 1.82) is 0 Å². The molecule has 1 heterocycles. The van der Waals surface area contributed by atoms with Crippen molar-refractivity contribution < 1.29 is 0 Å². The Morgan fingerprint density at radius 1 is 1.62 bits per heavy atom. The minimum atomic E-state index is 0.465. The van der Waals surface area contributed by atoms with Gasteiger partial charge in [0.1, 0.15) is 0 Å². The van der Waals surface area contributed by atoms with Gasteiger partial charge in [-0.2, -0.15) is 0 Å². The lowest BCUT2D eigenvalue weighted by atomic mass is 10.7. The summed E-state index contributed by atoms with van der Waals surface area (Å²) >= 11 is 11.0. The Labute approximate surface area is 57.8 Å². The van der Waals surface area contributed by atoms with Gasteiger partial charge in [-0.1, -0.05) is 11.6 Å². The molecule has 0 aliphatic rings. The summed E-state index contributed by atoms with van der Waals surface area (Å²) < 4.78 is 1.80. The van der Waals surface area contributed by atoms with E-state index in [0.29, 0.717) is 6.00 Å². The molecule has 44 valence electrons. The van der Waals surface area contributed by atoms with E-state index in [1.807, 2.05) is 6.20 Å². The molecule has 0 aliphatic carbocycles. The van der Waals surface area contributed by atoms with Gasteiger partial charge in [0.2, 0.25) is 0 Å². The molecule has 1 nitrogen and oxygen atoms in total. The number of halogens is 2. The molecule has 0 radical (unpaired) electrons. The van der Waals surface area contributed by atoms with E-state index in [-0.39, 0.29) is 0 Å². The predicted molar refractivity (Wildman–Crippen MR) is 35.3 cm³/mol. The van der Waals surface area contributed by atoms with Crippen LogP contribution in [0, 0.1) is 0 Å². The molecule has 1 rings (SSSR count). The number of alkyl halides is 1. The molecule has 8 heavy (non-hydrogen) atoms. The van der Waals surface area contributed by atoms with Crippen LogP contribution in [0.5, 0.6) is 0 Å². The molecule has 1 aromatic heterocycles. The summed E-state index contributed by atoms with van der Waals surface area (Å²) in [6, 6.07) is 2.26. The Bertz CT molecular complexity index is 171. The van der Waals surface area contributed by atoms with Crippen LogP contribution in [-0.2, 0) is 6.00 Å². The first-order valence-electron chi connectivity index (χ1n) is 2.20. The van der Waals surface area contributed by atoms with Crippen LogP contribution in [-0.4, -0.2) is 4.57 Å². The minimum absolute atomic E-state index is 0.465. The highest BCUT2D eigenvalue weighted by Crippen LogP contribution is 2.07. The van der Waals surface area contributed by atoms with Gasteiger partial charge in [0, 0.05) is 12.4 Å². The van der Waals surface area contributed by atoms with Crippen LogP contribution >= 0.6 is 23.2 Å². The van der Waals surface area contributed by atoms with Crippen LogP contribution in [0.25, 0.3) is 0 Å². The quantitative estimate of drug-likeness (QED) is 0.541. The van der Waals surface area contributed by atoms with Crippen molar-refractivity contribution >= 4 is 23.2 Å². The standard InChI is InChI=1S/C5H5Cl2N/c6-4-8-2-1-5(7)3-8/h1-3H,4H2. The first kappa shape index (κ1) is 5.99. The molecule has 0 aliphatic heterocycles. The number of nitrogens with zero attached hydrogens (tertiary/aromatic N) is 1. The summed E-state index contributed by atoms with van der Waals surface area (Å²) in [6.07, 6.45) is 3.60. The van der Waals surface area contributed by atoms with Crippen molar-refractivity contribution in [3.05, 3.63) is 23.5 Å². The fourth-order valence-corrected chi connectivity index (χ4v) is 0.816. The van der Waals surface area contributed by atoms with E-state index in [1.54, 1.807) is 16.8 Å². The van der Waals surface area contributed by atoms with Crippen LogP contribution in [0.3, 0.4) is 0 Å². The van der Waals surface area contributed by atoms with Crippen molar-refractivity contribution in [3.8, 4) is 0 Å². The average molecular weight is 150 g/mol. The molecule has 0 unspecified atom stereocenters. The van der Waals surface area contributed by atoms with E-state index < -0.39 is 0 Å². The highest BCUT2D eigenvalue weighted by molar-refractivity contribution is 6.30. The minimum Gasteiger partial charge on any atom is -0.339 e. The SMILES string of the molecule is ClCn1ccc(Cl)c1. The van der Waals surface area contributed by atoms with E-state index in [9.17, 15) is 0 Å². The van der Waals surface area contributed by atoms with Crippen molar-refractivity contribution in [1.82, 2.24) is 4.57 Å². The molecule has 0 amide bonds. The predicted octanol–water partition coefficient (Wildman–Crippen LogP) is 2.34. The van der Waals surface area contributed by atoms with Gasteiger partial charge in [-0.05, 0) is 6.07 Å². The Balaban J connectivity index is 2.84. The fraction of sp³-hybridized carbons (Fsp3) is 0.200. The molecular weight excluding hydrogens is 145 g/mol. The van der Waals surface area contributed by atoms with Crippen LogP contribution in [0.1, 0.15) is 0 Å². The maximum Gasteiger partial charge on any atom is 0.0966 e. The summed E-state index contributed by atoms with van der Waals surface area (Å²) in [5.41, 5.74) is 0. The monoisotopic (exact) mass is 149 g/mol. The van der Waals surface area contributed by atoms with E-state index in [4.69, 9.17) is 23.2 Å². The lowest BCUT2D eigenvalue weighted by molar-refractivity contribution is 0.894. The summed E-state index contributed by atoms with van der Waals surface area (Å²) in [5, 5.41) is 0.727. The third kappa shape index (κ3) is 1.17. The summed E-state index contributed by atoms with van der Waals surface area (Å²) in [5.74, 6) is 0. The van der Waals surface area contributed by atoms with Crippen LogP contribution in [0.15, 0.2) is 18.5 Å². The topological polar surface area (TPSA) is 4.93 Å². The van der Waals surface area contributed by atoms with Crippen LogP contribution in [0.2, 0.25) is 5.02 Å². The highest BCUT2D eigenvalue weighted by Gasteiger charge is 1.87. The summed E-state index contributed by atoms with van der Waals surface area (Å²) in [7, 11) is 0. The van der Waals surface area contributed by atoms with Gasteiger partial charge in [0.05, 0.1) is 11.0 Å². The van der Waals surface area contributed by atoms with Gasteiger partial charge >= 0.3 is 0 Å². The van der Waals surface area contributed by atoms with Gasteiger partial charge in [-0.3, -0.25) is 0 Å². The average Bonchev–Trinajstić information content (AvgIpc) is 2.14. The Morgan fingerprint density at radius 3 is 2.62 bits per heavy atom. The lowest BCUT2D eigenvalue weighted by Gasteiger charge is -1.88. The highest BCUT2D eigenvalue weighted by atomic mass is 35.5. The second kappa shape index (κ2) is 2.42. The lowest BCUT2D eigenvalue weighted by Crippen LogP contribution is -1.82. The second-order valence-corrected chi connectivity index (χ2v) is 2.14. The van der Waals surface area contributed by atoms with Gasteiger partial charge in [0.25, 0.3) is 0 Å². The number of hydrogen-bond acceptors (Lipinski definition) is 0. The maximum absolute atomic E-state index is 5.56. The van der Waals surface area contributed by atoms with Crippen molar-refractivity contribution in [2.75, 3.05) is 0 Å². The molecule has 3 heteroatoms. The molecule has 0 aromatic carbocycles. The summed E-state index contributed by atoms with van der Waals surface area (Å²) in [6.45, 7) is 0. The maximum atomic E-state index is 5.56. The van der Waals surface area contributed by atoms with Crippen LogP contribution in [0.4, 0.5) is 0 Å². The first-order valence-corrected chi connectivity index (χ1v) is 3.11. The molecule has 0 fully saturated rings. The van der Waals surface area contributed by atoms with E-state index in [0.717, 1.165) is 5.02 Å². The van der Waals surface area contributed by atoms with E-state index in [2.05, 4.69) is 0 Å². The van der Waals surface area contributed by atoms with E-state index >= 15 is 0 Å². The zero-order valence-electron chi connectivity index (χ0n) is 4.14. The zero-order valence-corrected chi connectivity index (χ0v) is 5.65. The summed E-state index contributed by atoms with van der Waals surface area (Å²) in [4.78, 5) is 0. The number of aromatic nitrogens is 1. The molecule has 0 atom stereocenters. The smallest absolute Gasteiger partial charge is 0.0966 e. The number of hydrogen-bond donors (Lipinski definition) is 0. The third-order valence-electron chi connectivity index (χ3n) is 0.852. The zero-order chi connectivity index (χ0) is 5.98. The molecular formula is C5H5Cl2N. The van der Waals surface area contributed by atoms with Gasteiger partial charge in [0.15, 0.2) is 0 Å². The van der Waals surface area contributed by atoms with Crippen molar-refractivity contribution in [3.63, 3.8) is 0 Å². The Kier molecular flexibility index (Phi) is 1.81.